The summed E-state index contributed by atoms with van der Waals surface area (Å²) in [7, 11) is -3.32. The van der Waals surface area contributed by atoms with Crippen molar-refractivity contribution in [1.29, 1.82) is 0 Å². The van der Waals surface area contributed by atoms with Crippen LogP contribution in [0.3, 0.4) is 0 Å². The molecule has 0 heterocycles. The summed E-state index contributed by atoms with van der Waals surface area (Å²) in [5, 5.41) is 0. The highest BCUT2D eigenvalue weighted by atomic mass is 32.2. The van der Waals surface area contributed by atoms with E-state index >= 15 is 0 Å². The average molecular weight is 260 g/mol. The van der Waals surface area contributed by atoms with Crippen LogP contribution in [0.4, 0.5) is 0 Å². The van der Waals surface area contributed by atoms with Crippen LogP contribution in [0.2, 0.25) is 0 Å². The Balaban J connectivity index is 2.76. The van der Waals surface area contributed by atoms with Crippen LogP contribution in [0.5, 0.6) is 0 Å². The van der Waals surface area contributed by atoms with Gasteiger partial charge in [0.05, 0.1) is 4.90 Å². The predicted molar refractivity (Wildman–Crippen MR) is 70.4 cm³/mol. The lowest BCUT2D eigenvalue weighted by molar-refractivity contribution is 0.112. The molecule has 0 radical (unpaired) electrons. The Bertz CT molecular complexity index is 688. The molecule has 3 nitrogen and oxygen atoms in total. The summed E-state index contributed by atoms with van der Waals surface area (Å²) in [6.07, 6.45) is 1.89. The molecular formula is C14H12O3S. The fourth-order valence-corrected chi connectivity index (χ4v) is 2.76. The molecule has 0 saturated heterocycles. The molecule has 0 amide bonds. The Labute approximate surface area is 106 Å². The lowest BCUT2D eigenvalue weighted by Crippen LogP contribution is -2.00. The first-order valence-corrected chi connectivity index (χ1v) is 7.27. The highest BCUT2D eigenvalue weighted by Gasteiger charge is 2.15. The summed E-state index contributed by atoms with van der Waals surface area (Å²) in [6, 6.07) is 13.6. The van der Waals surface area contributed by atoms with Gasteiger partial charge in [-0.15, -0.1) is 0 Å². The molecule has 0 bridgehead atoms. The molecule has 2 rings (SSSR count). The van der Waals surface area contributed by atoms with E-state index in [-0.39, 0.29) is 4.90 Å². The Kier molecular flexibility index (Phi) is 3.30. The highest BCUT2D eigenvalue weighted by molar-refractivity contribution is 7.90. The minimum absolute atomic E-state index is 0.235. The van der Waals surface area contributed by atoms with E-state index in [0.29, 0.717) is 16.7 Å². The maximum absolute atomic E-state index is 11.7. The topological polar surface area (TPSA) is 51.2 Å². The fraction of sp³-hybridized carbons (Fsp3) is 0.0714. The fourth-order valence-electron chi connectivity index (χ4n) is 1.86. The zero-order chi connectivity index (χ0) is 13.2. The van der Waals surface area contributed by atoms with Crippen LogP contribution in [-0.2, 0) is 9.84 Å². The Hall–Kier alpha value is -1.94. The highest BCUT2D eigenvalue weighted by Crippen LogP contribution is 2.29. The summed E-state index contributed by atoms with van der Waals surface area (Å²) in [4.78, 5) is 11.2. The first-order valence-electron chi connectivity index (χ1n) is 5.37. The van der Waals surface area contributed by atoms with Gasteiger partial charge in [0.1, 0.15) is 0 Å². The van der Waals surface area contributed by atoms with Crippen LogP contribution in [0.25, 0.3) is 11.1 Å². The molecule has 0 spiro atoms. The van der Waals surface area contributed by atoms with Crippen LogP contribution < -0.4 is 0 Å². The van der Waals surface area contributed by atoms with Crippen molar-refractivity contribution >= 4 is 16.1 Å². The molecule has 0 unspecified atom stereocenters. The van der Waals surface area contributed by atoms with Gasteiger partial charge >= 0.3 is 0 Å². The van der Waals surface area contributed by atoms with Gasteiger partial charge in [-0.2, -0.15) is 0 Å². The van der Waals surface area contributed by atoms with E-state index in [1.165, 1.54) is 0 Å². The van der Waals surface area contributed by atoms with E-state index in [4.69, 9.17) is 0 Å². The zero-order valence-electron chi connectivity index (χ0n) is 9.83. The lowest BCUT2D eigenvalue weighted by atomic mass is 10.0. The van der Waals surface area contributed by atoms with Gasteiger partial charge in [0.2, 0.25) is 0 Å². The summed E-state index contributed by atoms with van der Waals surface area (Å²) in [5.41, 5.74) is 1.67. The summed E-state index contributed by atoms with van der Waals surface area (Å²) in [6.45, 7) is 0. The standard InChI is InChI=1S/C14H12O3S/c1-18(16,17)14-9-5-4-8-13(14)12-7-3-2-6-11(12)10-15/h2-10H,1H3. The van der Waals surface area contributed by atoms with E-state index in [0.717, 1.165) is 12.5 Å². The molecule has 0 fully saturated rings. The van der Waals surface area contributed by atoms with Crippen molar-refractivity contribution in [2.45, 2.75) is 4.90 Å². The second kappa shape index (κ2) is 4.74. The van der Waals surface area contributed by atoms with Gasteiger partial charge in [0.15, 0.2) is 16.1 Å². The number of carbonyl (C=O) groups is 1. The molecule has 0 aliphatic heterocycles. The number of rotatable bonds is 3. The number of benzene rings is 2. The summed E-state index contributed by atoms with van der Waals surface area (Å²) < 4.78 is 23.5. The SMILES string of the molecule is CS(=O)(=O)c1ccccc1-c1ccccc1C=O. The zero-order valence-corrected chi connectivity index (χ0v) is 10.6. The first-order chi connectivity index (χ1) is 8.54. The maximum Gasteiger partial charge on any atom is 0.176 e. The van der Waals surface area contributed by atoms with Crippen molar-refractivity contribution in [3.05, 3.63) is 54.1 Å². The van der Waals surface area contributed by atoms with Crippen LogP contribution in [0.15, 0.2) is 53.4 Å². The quantitative estimate of drug-likeness (QED) is 0.797. The Morgan fingerprint density at radius 1 is 0.889 bits per heavy atom. The van der Waals surface area contributed by atoms with Crippen molar-refractivity contribution in [3.63, 3.8) is 0 Å². The number of hydrogen-bond donors (Lipinski definition) is 0. The third-order valence-corrected chi connectivity index (χ3v) is 3.82. The third kappa shape index (κ3) is 2.33. The molecule has 4 heteroatoms. The summed E-state index contributed by atoms with van der Waals surface area (Å²) in [5.74, 6) is 0. The van der Waals surface area contributed by atoms with Gasteiger partial charge in [0, 0.05) is 17.4 Å². The molecule has 0 aromatic heterocycles. The van der Waals surface area contributed by atoms with Gasteiger partial charge in [0.25, 0.3) is 0 Å². The Morgan fingerprint density at radius 2 is 1.44 bits per heavy atom. The second-order valence-electron chi connectivity index (χ2n) is 3.97. The lowest BCUT2D eigenvalue weighted by Gasteiger charge is -2.09. The number of aldehydes is 1. The van der Waals surface area contributed by atoms with E-state index in [2.05, 4.69) is 0 Å². The molecule has 0 aliphatic carbocycles. The van der Waals surface area contributed by atoms with Gasteiger partial charge in [-0.1, -0.05) is 42.5 Å². The molecule has 0 N–H and O–H groups in total. The van der Waals surface area contributed by atoms with Crippen LogP contribution in [-0.4, -0.2) is 21.0 Å². The molecule has 0 atom stereocenters. The van der Waals surface area contributed by atoms with Crippen molar-refractivity contribution in [2.75, 3.05) is 6.26 Å². The number of hydrogen-bond acceptors (Lipinski definition) is 3. The molecule has 2 aromatic rings. The molecule has 92 valence electrons. The van der Waals surface area contributed by atoms with Gasteiger partial charge < -0.3 is 0 Å². The van der Waals surface area contributed by atoms with Crippen LogP contribution in [0.1, 0.15) is 10.4 Å². The average Bonchev–Trinajstić information content (AvgIpc) is 2.37. The molecule has 2 aromatic carbocycles. The minimum Gasteiger partial charge on any atom is -0.298 e. The first kappa shape index (κ1) is 12.5. The maximum atomic E-state index is 11.7. The second-order valence-corrected chi connectivity index (χ2v) is 5.96. The van der Waals surface area contributed by atoms with Gasteiger partial charge in [-0.25, -0.2) is 8.42 Å². The van der Waals surface area contributed by atoms with E-state index < -0.39 is 9.84 Å². The largest absolute Gasteiger partial charge is 0.298 e. The molecule has 0 saturated carbocycles. The smallest absolute Gasteiger partial charge is 0.176 e. The van der Waals surface area contributed by atoms with Crippen LogP contribution in [0, 0.1) is 0 Å². The van der Waals surface area contributed by atoms with E-state index in [9.17, 15) is 13.2 Å². The van der Waals surface area contributed by atoms with Crippen molar-refractivity contribution in [1.82, 2.24) is 0 Å². The Morgan fingerprint density at radius 3 is 2.06 bits per heavy atom. The van der Waals surface area contributed by atoms with Gasteiger partial charge in [-0.05, 0) is 11.6 Å². The van der Waals surface area contributed by atoms with Crippen LogP contribution >= 0.6 is 0 Å². The predicted octanol–water partition coefficient (Wildman–Crippen LogP) is 2.57. The monoisotopic (exact) mass is 260 g/mol. The van der Waals surface area contributed by atoms with E-state index in [1.807, 2.05) is 0 Å². The summed E-state index contributed by atoms with van der Waals surface area (Å²) >= 11 is 0. The number of sulfone groups is 1. The van der Waals surface area contributed by atoms with Crippen molar-refractivity contribution in [2.24, 2.45) is 0 Å². The van der Waals surface area contributed by atoms with Crippen molar-refractivity contribution in [3.8, 4) is 11.1 Å². The molecule has 18 heavy (non-hydrogen) atoms. The number of carbonyl (C=O) groups excluding carboxylic acids is 1. The molecular weight excluding hydrogens is 248 g/mol. The van der Waals surface area contributed by atoms with Crippen molar-refractivity contribution < 1.29 is 13.2 Å². The van der Waals surface area contributed by atoms with E-state index in [1.54, 1.807) is 48.5 Å². The minimum atomic E-state index is -3.32. The normalized spacial score (nSPS) is 11.2. The molecule has 0 aliphatic rings. The third-order valence-electron chi connectivity index (χ3n) is 2.66. The van der Waals surface area contributed by atoms with Gasteiger partial charge in [-0.3, -0.25) is 4.79 Å².